The van der Waals surface area contributed by atoms with Gasteiger partial charge < -0.3 is 0 Å². The number of pyridine rings is 1. The van der Waals surface area contributed by atoms with Crippen molar-refractivity contribution < 1.29 is 0 Å². The number of aromatic nitrogens is 1. The van der Waals surface area contributed by atoms with Gasteiger partial charge in [-0.25, -0.2) is 4.98 Å². The van der Waals surface area contributed by atoms with Crippen molar-refractivity contribution in [3.05, 3.63) is 86.2 Å². The molecule has 2 aliphatic rings. The summed E-state index contributed by atoms with van der Waals surface area (Å²) in [5.74, 6) is 0. The molecule has 0 unspecified atom stereocenters. The summed E-state index contributed by atoms with van der Waals surface area (Å²) in [6.07, 6.45) is 12.9. The van der Waals surface area contributed by atoms with Gasteiger partial charge in [-0.1, -0.05) is 69.2 Å². The third kappa shape index (κ3) is 5.85. The first-order valence-corrected chi connectivity index (χ1v) is 15.9. The second kappa shape index (κ2) is 12.6. The molecule has 2 aliphatic carbocycles. The minimum absolute atomic E-state index is 0.989. The van der Waals surface area contributed by atoms with Gasteiger partial charge in [0.25, 0.3) is 0 Å². The molecule has 0 atom stereocenters. The van der Waals surface area contributed by atoms with Gasteiger partial charge in [-0.3, -0.25) is 9.98 Å². The summed E-state index contributed by atoms with van der Waals surface area (Å²) in [6.45, 7) is 13.4. The lowest BCUT2D eigenvalue weighted by Gasteiger charge is -2.17. The Morgan fingerprint density at radius 3 is 1.23 bits per heavy atom. The molecule has 3 aromatic rings. The number of fused-ring (bicyclic) bond motifs is 2. The van der Waals surface area contributed by atoms with E-state index in [1.807, 2.05) is 0 Å². The zero-order valence-corrected chi connectivity index (χ0v) is 25.7. The van der Waals surface area contributed by atoms with Gasteiger partial charge in [0, 0.05) is 0 Å². The van der Waals surface area contributed by atoms with Crippen LogP contribution >= 0.6 is 0 Å². The van der Waals surface area contributed by atoms with Crippen LogP contribution in [0.4, 0.5) is 11.4 Å². The van der Waals surface area contributed by atoms with Crippen molar-refractivity contribution >= 4 is 22.8 Å². The Kier molecular flexibility index (Phi) is 8.98. The molecule has 3 nitrogen and oxygen atoms in total. The monoisotopic (exact) mass is 533 g/mol. The Hall–Kier alpha value is -3.07. The number of rotatable bonds is 6. The van der Waals surface area contributed by atoms with Crippen LogP contribution < -0.4 is 0 Å². The van der Waals surface area contributed by atoms with Crippen LogP contribution in [-0.2, 0) is 38.5 Å². The maximum absolute atomic E-state index is 5.52. The predicted molar refractivity (Wildman–Crippen MR) is 172 cm³/mol. The molecule has 5 rings (SSSR count). The molecule has 1 heterocycles. The fourth-order valence-corrected chi connectivity index (χ4v) is 6.66. The zero-order chi connectivity index (χ0) is 28.2. The van der Waals surface area contributed by atoms with Crippen LogP contribution in [0, 0.1) is 13.8 Å². The van der Waals surface area contributed by atoms with E-state index in [9.17, 15) is 0 Å². The third-order valence-corrected chi connectivity index (χ3v) is 8.79. The Bertz CT molecular complexity index is 1300. The predicted octanol–water partition coefficient (Wildman–Crippen LogP) is 9.64. The second-order valence-electron chi connectivity index (χ2n) is 11.8. The van der Waals surface area contributed by atoms with Gasteiger partial charge in [0.2, 0.25) is 0 Å². The van der Waals surface area contributed by atoms with Crippen LogP contribution in [0.3, 0.4) is 0 Å². The summed E-state index contributed by atoms with van der Waals surface area (Å²) in [5, 5.41) is 0. The number of hydrogen-bond donors (Lipinski definition) is 0. The third-order valence-electron chi connectivity index (χ3n) is 8.79. The van der Waals surface area contributed by atoms with Crippen LogP contribution in [-0.4, -0.2) is 16.4 Å². The molecular formula is C37H47N3. The fourth-order valence-electron chi connectivity index (χ4n) is 6.66. The van der Waals surface area contributed by atoms with Gasteiger partial charge in [0.15, 0.2) is 0 Å². The first kappa shape index (κ1) is 28.5. The van der Waals surface area contributed by atoms with E-state index in [1.54, 1.807) is 0 Å². The Balaban J connectivity index is 1.70. The van der Waals surface area contributed by atoms with Crippen LogP contribution in [0.1, 0.15) is 122 Å². The summed E-state index contributed by atoms with van der Waals surface area (Å²) in [4.78, 5) is 16.4. The lowest BCUT2D eigenvalue weighted by atomic mass is 9.97. The normalized spacial score (nSPS) is 17.4. The van der Waals surface area contributed by atoms with E-state index in [0.29, 0.717) is 0 Å². The van der Waals surface area contributed by atoms with E-state index in [1.165, 1.54) is 93.0 Å². The molecule has 0 aliphatic heterocycles. The minimum Gasteiger partial charge on any atom is -0.251 e. The molecule has 40 heavy (non-hydrogen) atoms. The first-order valence-electron chi connectivity index (χ1n) is 15.9. The van der Waals surface area contributed by atoms with Crippen molar-refractivity contribution in [2.24, 2.45) is 9.98 Å². The lowest BCUT2D eigenvalue weighted by molar-refractivity contribution is 0.765. The highest BCUT2D eigenvalue weighted by atomic mass is 14.9. The van der Waals surface area contributed by atoms with Crippen molar-refractivity contribution in [3.8, 4) is 0 Å². The first-order chi connectivity index (χ1) is 19.4. The number of nitrogens with zero attached hydrogens (tertiary/aromatic N) is 3. The van der Waals surface area contributed by atoms with Crippen LogP contribution in [0.25, 0.3) is 0 Å². The van der Waals surface area contributed by atoms with Crippen molar-refractivity contribution in [2.45, 2.75) is 119 Å². The van der Waals surface area contributed by atoms with E-state index >= 15 is 0 Å². The van der Waals surface area contributed by atoms with Crippen molar-refractivity contribution in [1.29, 1.82) is 0 Å². The lowest BCUT2D eigenvalue weighted by Crippen LogP contribution is -2.14. The van der Waals surface area contributed by atoms with E-state index in [-0.39, 0.29) is 0 Å². The standard InChI is InChI=1S/C37H47N3/c1-7-26-19-24(5)20-27(8-2)34(26)38-32-17-13-11-15-30-23-31-16-12-14-18-33(37(31)40-36(30)32)39-35-28(9-3)21-25(6)22-29(35)10-4/h19-23H,7-18H2,1-6H3. The van der Waals surface area contributed by atoms with Gasteiger partial charge >= 0.3 is 0 Å². The summed E-state index contributed by atoms with van der Waals surface area (Å²) < 4.78 is 0. The van der Waals surface area contributed by atoms with Crippen LogP contribution in [0.2, 0.25) is 0 Å². The average molecular weight is 534 g/mol. The molecular weight excluding hydrogens is 486 g/mol. The van der Waals surface area contributed by atoms with Crippen molar-refractivity contribution in [3.63, 3.8) is 0 Å². The Morgan fingerprint density at radius 2 is 0.875 bits per heavy atom. The number of aryl methyl sites for hydroxylation is 8. The smallest absolute Gasteiger partial charge is 0.0884 e. The topological polar surface area (TPSA) is 37.6 Å². The van der Waals surface area contributed by atoms with Crippen LogP contribution in [0.5, 0.6) is 0 Å². The molecule has 210 valence electrons. The average Bonchev–Trinajstić information content (AvgIpc) is 3.28. The van der Waals surface area contributed by atoms with E-state index in [0.717, 1.165) is 62.8 Å². The van der Waals surface area contributed by atoms with Gasteiger partial charge in [-0.15, -0.1) is 0 Å². The van der Waals surface area contributed by atoms with Gasteiger partial charge in [0.1, 0.15) is 0 Å². The maximum atomic E-state index is 5.52. The Labute approximate surface area is 242 Å². The zero-order valence-electron chi connectivity index (χ0n) is 25.7. The summed E-state index contributed by atoms with van der Waals surface area (Å²) in [6, 6.07) is 11.8. The summed E-state index contributed by atoms with van der Waals surface area (Å²) >= 11 is 0. The highest BCUT2D eigenvalue weighted by Gasteiger charge is 2.24. The van der Waals surface area contributed by atoms with Gasteiger partial charge in [-0.2, -0.15) is 0 Å². The minimum atomic E-state index is 0.989. The second-order valence-corrected chi connectivity index (χ2v) is 11.8. The quantitative estimate of drug-likeness (QED) is 0.291. The molecule has 2 aromatic carbocycles. The highest BCUT2D eigenvalue weighted by Crippen LogP contribution is 2.34. The van der Waals surface area contributed by atoms with Gasteiger partial charge in [-0.05, 0) is 124 Å². The van der Waals surface area contributed by atoms with E-state index in [4.69, 9.17) is 15.0 Å². The van der Waals surface area contributed by atoms with Crippen molar-refractivity contribution in [2.75, 3.05) is 0 Å². The molecule has 0 bridgehead atoms. The van der Waals surface area contributed by atoms with E-state index < -0.39 is 0 Å². The fraction of sp³-hybridized carbons (Fsp3) is 0.486. The molecule has 0 fully saturated rings. The molecule has 3 heteroatoms. The van der Waals surface area contributed by atoms with Crippen LogP contribution in [0.15, 0.2) is 40.3 Å². The summed E-state index contributed by atoms with van der Waals surface area (Å²) in [5.41, 5.74) is 17.8. The highest BCUT2D eigenvalue weighted by molar-refractivity contribution is 6.06. The molecule has 0 saturated heterocycles. The molecule has 1 aromatic heterocycles. The molecule has 0 radical (unpaired) electrons. The maximum Gasteiger partial charge on any atom is 0.0884 e. The Morgan fingerprint density at radius 1 is 0.525 bits per heavy atom. The molecule has 0 amide bonds. The van der Waals surface area contributed by atoms with E-state index in [2.05, 4.69) is 71.9 Å². The molecule has 0 spiro atoms. The van der Waals surface area contributed by atoms with Gasteiger partial charge in [0.05, 0.1) is 34.2 Å². The number of benzene rings is 2. The SMILES string of the molecule is CCc1cc(C)cc(CC)c1N=C1CCCCc2cc3c(nc21)C(=Nc1c(CC)cc(C)cc1CC)CCCC3. The number of aliphatic imine (C=N–C) groups is 2. The number of hydrogen-bond acceptors (Lipinski definition) is 3. The van der Waals surface area contributed by atoms with Crippen molar-refractivity contribution in [1.82, 2.24) is 4.98 Å². The summed E-state index contributed by atoms with van der Waals surface area (Å²) in [7, 11) is 0. The largest absolute Gasteiger partial charge is 0.251 e. The molecule has 0 saturated carbocycles. The molecule has 0 N–H and O–H groups in total.